The quantitative estimate of drug-likeness (QED) is 0.763. The lowest BCUT2D eigenvalue weighted by Gasteiger charge is -2.02. The summed E-state index contributed by atoms with van der Waals surface area (Å²) in [6.45, 7) is 0. The smallest absolute Gasteiger partial charge is 0.240 e. The average Bonchev–Trinajstić information content (AvgIpc) is 2.01. The van der Waals surface area contributed by atoms with Gasteiger partial charge in [0.1, 0.15) is 16.5 Å². The zero-order valence-corrected chi connectivity index (χ0v) is 7.64. The maximum absolute atomic E-state index is 13.0. The van der Waals surface area contributed by atoms with Crippen molar-refractivity contribution in [2.45, 2.75) is 4.90 Å². The van der Waals surface area contributed by atoms with Crippen molar-refractivity contribution >= 4 is 10.0 Å². The summed E-state index contributed by atoms with van der Waals surface area (Å²) in [5.74, 6) is -0.674. The summed E-state index contributed by atoms with van der Waals surface area (Å²) in [5, 5.41) is 4.74. The third-order valence-corrected chi connectivity index (χ3v) is 2.39. The Bertz CT molecular complexity index is 416. The van der Waals surface area contributed by atoms with E-state index < -0.39 is 20.7 Å². The van der Waals surface area contributed by atoms with Gasteiger partial charge in [0.15, 0.2) is 0 Å². The zero-order chi connectivity index (χ0) is 10.1. The van der Waals surface area contributed by atoms with Gasteiger partial charge >= 0.3 is 0 Å². The fourth-order valence-electron chi connectivity index (χ4n) is 0.839. The number of nitrogens with two attached hydrogens (primary N) is 1. The van der Waals surface area contributed by atoms with Gasteiger partial charge in [-0.25, -0.2) is 17.9 Å². The summed E-state index contributed by atoms with van der Waals surface area (Å²) >= 11 is 0. The Morgan fingerprint density at radius 2 is 2.08 bits per heavy atom. The number of rotatable bonds is 2. The van der Waals surface area contributed by atoms with E-state index >= 15 is 0 Å². The highest BCUT2D eigenvalue weighted by atomic mass is 32.2. The van der Waals surface area contributed by atoms with E-state index in [1.807, 2.05) is 0 Å². The first-order valence-corrected chi connectivity index (χ1v) is 4.86. The van der Waals surface area contributed by atoms with Gasteiger partial charge in [0.05, 0.1) is 7.11 Å². The summed E-state index contributed by atoms with van der Waals surface area (Å²) in [6, 6.07) is 3.34. The number of ether oxygens (including phenoxy) is 1. The summed E-state index contributed by atoms with van der Waals surface area (Å²) in [4.78, 5) is -0.534. The molecule has 0 fully saturated rings. The molecule has 0 radical (unpaired) electrons. The zero-order valence-electron chi connectivity index (χ0n) is 6.82. The summed E-state index contributed by atoms with van der Waals surface area (Å²) in [6.07, 6.45) is 0. The van der Waals surface area contributed by atoms with Crippen molar-refractivity contribution in [1.82, 2.24) is 0 Å². The second-order valence-corrected chi connectivity index (χ2v) is 3.87. The molecule has 0 atom stereocenters. The van der Waals surface area contributed by atoms with Crippen LogP contribution in [-0.4, -0.2) is 15.5 Å². The predicted octanol–water partition coefficient (Wildman–Crippen LogP) is 0.482. The van der Waals surface area contributed by atoms with E-state index in [0.717, 1.165) is 12.1 Å². The topological polar surface area (TPSA) is 69.4 Å². The largest absolute Gasteiger partial charge is 0.497 e. The minimum atomic E-state index is -3.99. The molecule has 6 heteroatoms. The molecule has 0 aliphatic rings. The van der Waals surface area contributed by atoms with Crippen molar-refractivity contribution in [1.29, 1.82) is 0 Å². The lowest BCUT2D eigenvalue weighted by atomic mass is 10.3. The second-order valence-electron chi connectivity index (χ2n) is 2.34. The maximum atomic E-state index is 13.0. The van der Waals surface area contributed by atoms with Gasteiger partial charge in [0, 0.05) is 6.07 Å². The van der Waals surface area contributed by atoms with E-state index in [9.17, 15) is 12.8 Å². The van der Waals surface area contributed by atoms with Crippen molar-refractivity contribution in [2.24, 2.45) is 5.14 Å². The number of halogens is 1. The Balaban J connectivity index is 3.29. The van der Waals surface area contributed by atoms with Gasteiger partial charge in [-0.15, -0.1) is 0 Å². The van der Waals surface area contributed by atoms with Crippen LogP contribution < -0.4 is 9.88 Å². The molecule has 0 saturated carbocycles. The van der Waals surface area contributed by atoms with Crippen LogP contribution >= 0.6 is 0 Å². The number of methoxy groups -OCH3 is 1. The molecule has 1 rings (SSSR count). The molecule has 13 heavy (non-hydrogen) atoms. The maximum Gasteiger partial charge on any atom is 0.240 e. The van der Waals surface area contributed by atoms with E-state index in [2.05, 4.69) is 4.74 Å². The summed E-state index contributed by atoms with van der Waals surface area (Å²) < 4.78 is 39.2. The third-order valence-electron chi connectivity index (χ3n) is 1.45. The van der Waals surface area contributed by atoms with Crippen molar-refractivity contribution in [2.75, 3.05) is 7.11 Å². The Morgan fingerprint density at radius 3 is 2.46 bits per heavy atom. The van der Waals surface area contributed by atoms with Gasteiger partial charge in [-0.2, -0.15) is 0 Å². The van der Waals surface area contributed by atoms with Crippen LogP contribution in [0.4, 0.5) is 4.39 Å². The molecule has 72 valence electrons. The van der Waals surface area contributed by atoms with Gasteiger partial charge in [-0.1, -0.05) is 0 Å². The number of primary sulfonamides is 1. The minimum absolute atomic E-state index is 0.241. The molecule has 0 saturated heterocycles. The molecule has 0 unspecified atom stereocenters. The Kier molecular flexibility index (Phi) is 2.53. The van der Waals surface area contributed by atoms with Gasteiger partial charge in [-0.3, -0.25) is 0 Å². The number of benzene rings is 1. The molecular formula is C7H8FNO3S. The predicted molar refractivity (Wildman–Crippen MR) is 44.3 cm³/mol. The molecule has 0 aliphatic heterocycles. The first kappa shape index (κ1) is 9.94. The summed E-state index contributed by atoms with van der Waals surface area (Å²) in [7, 11) is -2.64. The van der Waals surface area contributed by atoms with Gasteiger partial charge < -0.3 is 4.74 Å². The second kappa shape index (κ2) is 3.31. The highest BCUT2D eigenvalue weighted by Crippen LogP contribution is 2.18. The normalized spacial score (nSPS) is 11.3. The van der Waals surface area contributed by atoms with Crippen molar-refractivity contribution in [3.05, 3.63) is 24.0 Å². The van der Waals surface area contributed by atoms with Crippen molar-refractivity contribution in [3.63, 3.8) is 0 Å². The molecular weight excluding hydrogens is 197 g/mol. The van der Waals surface area contributed by atoms with E-state index in [1.165, 1.54) is 13.2 Å². The van der Waals surface area contributed by atoms with Crippen LogP contribution in [0.2, 0.25) is 0 Å². The van der Waals surface area contributed by atoms with Crippen molar-refractivity contribution in [3.8, 4) is 5.75 Å². The lowest BCUT2D eigenvalue weighted by Crippen LogP contribution is -2.13. The van der Waals surface area contributed by atoms with Crippen LogP contribution in [0, 0.1) is 5.82 Å². The van der Waals surface area contributed by atoms with Gasteiger partial charge in [-0.05, 0) is 12.1 Å². The molecule has 4 nitrogen and oxygen atoms in total. The molecule has 0 amide bonds. The van der Waals surface area contributed by atoms with E-state index in [1.54, 1.807) is 0 Å². The molecule has 0 aliphatic carbocycles. The highest BCUT2D eigenvalue weighted by Gasteiger charge is 2.14. The third kappa shape index (κ3) is 2.16. The van der Waals surface area contributed by atoms with Crippen LogP contribution in [0.5, 0.6) is 5.75 Å². The van der Waals surface area contributed by atoms with E-state index in [0.29, 0.717) is 0 Å². The molecule has 1 aromatic rings. The first-order chi connectivity index (χ1) is 5.95. The SMILES string of the molecule is COc1ccc(S(N)(=O)=O)c(F)c1. The molecule has 2 N–H and O–H groups in total. The van der Waals surface area contributed by atoms with E-state index in [-0.39, 0.29) is 5.75 Å². The van der Waals surface area contributed by atoms with Crippen LogP contribution in [0.25, 0.3) is 0 Å². The van der Waals surface area contributed by atoms with Crippen LogP contribution in [0.1, 0.15) is 0 Å². The van der Waals surface area contributed by atoms with Crippen LogP contribution in [-0.2, 0) is 10.0 Å². The Labute approximate surface area is 75.2 Å². The summed E-state index contributed by atoms with van der Waals surface area (Å²) in [5.41, 5.74) is 0. The average molecular weight is 205 g/mol. The van der Waals surface area contributed by atoms with Gasteiger partial charge in [0.2, 0.25) is 10.0 Å². The standard InChI is InChI=1S/C7H8FNO3S/c1-12-5-2-3-7(6(8)4-5)13(9,10)11/h2-4H,1H3,(H2,9,10,11). The fourth-order valence-corrected chi connectivity index (χ4v) is 1.43. The Morgan fingerprint density at radius 1 is 1.46 bits per heavy atom. The number of hydrogen-bond acceptors (Lipinski definition) is 3. The number of hydrogen-bond donors (Lipinski definition) is 1. The van der Waals surface area contributed by atoms with Crippen LogP contribution in [0.3, 0.4) is 0 Å². The first-order valence-electron chi connectivity index (χ1n) is 3.31. The molecule has 0 heterocycles. The van der Waals surface area contributed by atoms with Crippen molar-refractivity contribution < 1.29 is 17.5 Å². The molecule has 0 spiro atoms. The van der Waals surface area contributed by atoms with Gasteiger partial charge in [0.25, 0.3) is 0 Å². The van der Waals surface area contributed by atoms with Crippen LogP contribution in [0.15, 0.2) is 23.1 Å². The fraction of sp³-hybridized carbons (Fsp3) is 0.143. The molecule has 1 aromatic carbocycles. The molecule has 0 aromatic heterocycles. The molecule has 0 bridgehead atoms. The highest BCUT2D eigenvalue weighted by molar-refractivity contribution is 7.89. The Hall–Kier alpha value is -1.14. The number of sulfonamides is 1. The lowest BCUT2D eigenvalue weighted by molar-refractivity contribution is 0.410. The minimum Gasteiger partial charge on any atom is -0.497 e. The monoisotopic (exact) mass is 205 g/mol. The van der Waals surface area contributed by atoms with E-state index in [4.69, 9.17) is 5.14 Å².